The molecule has 4 heteroatoms. The molecule has 0 N–H and O–H groups in total. The summed E-state index contributed by atoms with van der Waals surface area (Å²) in [6, 6.07) is 0. The predicted molar refractivity (Wildman–Crippen MR) is 62.6 cm³/mol. The van der Waals surface area contributed by atoms with Gasteiger partial charge < -0.3 is 0 Å². The molecule has 0 radical (unpaired) electrons. The predicted octanol–water partition coefficient (Wildman–Crippen LogP) is 2.44. The Labute approximate surface area is 92.3 Å². The Balaban J connectivity index is 2.50. The van der Waals surface area contributed by atoms with Crippen LogP contribution in [0.1, 0.15) is 13.3 Å². The molecule has 1 heterocycles. The van der Waals surface area contributed by atoms with Crippen LogP contribution in [0.4, 0.5) is 0 Å². The van der Waals surface area contributed by atoms with Crippen molar-refractivity contribution in [3.63, 3.8) is 0 Å². The number of hydrogen-bond acceptors (Lipinski definition) is 2. The minimum atomic E-state index is 0.643. The van der Waals surface area contributed by atoms with Crippen LogP contribution in [0.2, 0.25) is 0 Å². The fourth-order valence-corrected chi connectivity index (χ4v) is 1.84. The Morgan fingerprint density at radius 1 is 1.75 bits per heavy atom. The summed E-state index contributed by atoms with van der Waals surface area (Å²) >= 11 is 6.56. The molecule has 0 aliphatic carbocycles. The number of nitrogens with zero attached hydrogens (tertiary/aromatic N) is 2. The van der Waals surface area contributed by atoms with Crippen molar-refractivity contribution in [2.45, 2.75) is 19.9 Å². The molecule has 0 aliphatic heterocycles. The van der Waals surface area contributed by atoms with Crippen LogP contribution in [-0.2, 0) is 6.54 Å². The van der Waals surface area contributed by atoms with E-state index in [2.05, 4.69) is 53.4 Å². The lowest BCUT2D eigenvalue weighted by molar-refractivity contribution is 0.446. The topological polar surface area (TPSA) is 17.8 Å². The molecule has 1 unspecified atom stereocenters. The van der Waals surface area contributed by atoms with Crippen LogP contribution in [-0.4, -0.2) is 15.5 Å². The van der Waals surface area contributed by atoms with E-state index in [0.717, 1.165) is 12.3 Å². The van der Waals surface area contributed by atoms with Crippen LogP contribution in [0.25, 0.3) is 0 Å². The zero-order chi connectivity index (χ0) is 8.97. The van der Waals surface area contributed by atoms with Gasteiger partial charge in [-0.1, -0.05) is 13.3 Å². The quantitative estimate of drug-likeness (QED) is 0.667. The van der Waals surface area contributed by atoms with Gasteiger partial charge in [0, 0.05) is 12.7 Å². The van der Waals surface area contributed by atoms with Crippen LogP contribution in [0.15, 0.2) is 12.4 Å². The van der Waals surface area contributed by atoms with Crippen molar-refractivity contribution in [2.75, 3.05) is 5.75 Å². The first kappa shape index (κ1) is 10.4. The molecule has 1 atom stereocenters. The lowest BCUT2D eigenvalue weighted by Gasteiger charge is -2.10. The maximum Gasteiger partial charge on any atom is 0.0623 e. The highest BCUT2D eigenvalue weighted by molar-refractivity contribution is 14.1. The summed E-state index contributed by atoms with van der Waals surface area (Å²) < 4.78 is 3.19. The van der Waals surface area contributed by atoms with Crippen molar-refractivity contribution < 1.29 is 0 Å². The summed E-state index contributed by atoms with van der Waals surface area (Å²) in [6.45, 7) is 3.18. The Hall–Kier alpha value is 0.290. The third kappa shape index (κ3) is 2.97. The van der Waals surface area contributed by atoms with Gasteiger partial charge in [0.15, 0.2) is 0 Å². The van der Waals surface area contributed by atoms with Gasteiger partial charge in [-0.25, -0.2) is 0 Å². The standard InChI is InChI=1S/C8H13IN2S/c1-2-7(6-12)4-11-5-8(9)3-10-11/h3,5,7,12H,2,4,6H2,1H3. The molecule has 2 nitrogen and oxygen atoms in total. The van der Waals surface area contributed by atoms with Crippen molar-refractivity contribution in [3.8, 4) is 0 Å². The van der Waals surface area contributed by atoms with Gasteiger partial charge in [0.25, 0.3) is 0 Å². The summed E-state index contributed by atoms with van der Waals surface area (Å²) in [4.78, 5) is 0. The van der Waals surface area contributed by atoms with E-state index in [4.69, 9.17) is 0 Å². The van der Waals surface area contributed by atoms with Gasteiger partial charge in [0.1, 0.15) is 0 Å². The fraction of sp³-hybridized carbons (Fsp3) is 0.625. The molecular formula is C8H13IN2S. The second-order valence-corrected chi connectivity index (χ2v) is 4.45. The van der Waals surface area contributed by atoms with Crippen LogP contribution in [0.5, 0.6) is 0 Å². The van der Waals surface area contributed by atoms with E-state index < -0.39 is 0 Å². The van der Waals surface area contributed by atoms with Crippen molar-refractivity contribution in [2.24, 2.45) is 5.92 Å². The average Bonchev–Trinajstić information content (AvgIpc) is 2.47. The minimum absolute atomic E-state index is 0.643. The molecule has 0 fully saturated rings. The molecule has 0 saturated heterocycles. The van der Waals surface area contributed by atoms with Crippen molar-refractivity contribution in [3.05, 3.63) is 16.0 Å². The molecule has 0 spiro atoms. The van der Waals surface area contributed by atoms with E-state index in [1.54, 1.807) is 0 Å². The van der Waals surface area contributed by atoms with Gasteiger partial charge in [0.2, 0.25) is 0 Å². The van der Waals surface area contributed by atoms with Gasteiger partial charge in [-0.05, 0) is 34.3 Å². The van der Waals surface area contributed by atoms with Gasteiger partial charge in [0.05, 0.1) is 9.77 Å². The highest BCUT2D eigenvalue weighted by Gasteiger charge is 2.05. The molecule has 0 aliphatic rings. The zero-order valence-electron chi connectivity index (χ0n) is 7.07. The number of aromatic nitrogens is 2. The first-order valence-corrected chi connectivity index (χ1v) is 5.76. The molecule has 0 amide bonds. The number of thiol groups is 1. The smallest absolute Gasteiger partial charge is 0.0623 e. The van der Waals surface area contributed by atoms with E-state index >= 15 is 0 Å². The molecule has 1 aromatic rings. The highest BCUT2D eigenvalue weighted by atomic mass is 127. The molecule has 68 valence electrons. The second kappa shape index (κ2) is 5.11. The third-order valence-electron chi connectivity index (χ3n) is 1.88. The van der Waals surface area contributed by atoms with E-state index in [0.29, 0.717) is 5.92 Å². The van der Waals surface area contributed by atoms with Crippen LogP contribution >= 0.6 is 35.2 Å². The maximum absolute atomic E-state index is 4.29. The van der Waals surface area contributed by atoms with Crippen LogP contribution < -0.4 is 0 Å². The largest absolute Gasteiger partial charge is 0.271 e. The Morgan fingerprint density at radius 3 is 2.92 bits per heavy atom. The molecule has 0 bridgehead atoms. The zero-order valence-corrected chi connectivity index (χ0v) is 10.1. The molecule has 1 rings (SSSR count). The third-order valence-corrected chi connectivity index (χ3v) is 2.96. The van der Waals surface area contributed by atoms with Gasteiger partial charge in [-0.15, -0.1) is 0 Å². The molecule has 0 saturated carbocycles. The van der Waals surface area contributed by atoms with Gasteiger partial charge in [-0.2, -0.15) is 17.7 Å². The van der Waals surface area contributed by atoms with Crippen molar-refractivity contribution >= 4 is 35.2 Å². The number of halogens is 1. The highest BCUT2D eigenvalue weighted by Crippen LogP contribution is 2.09. The van der Waals surface area contributed by atoms with Gasteiger partial charge >= 0.3 is 0 Å². The number of rotatable bonds is 4. The first-order valence-electron chi connectivity index (χ1n) is 4.05. The second-order valence-electron chi connectivity index (χ2n) is 2.84. The summed E-state index contributed by atoms with van der Waals surface area (Å²) in [5, 5.41) is 4.23. The van der Waals surface area contributed by atoms with E-state index in [1.807, 2.05) is 10.9 Å². The van der Waals surface area contributed by atoms with Crippen LogP contribution in [0, 0.1) is 9.49 Å². The average molecular weight is 296 g/mol. The summed E-state index contributed by atoms with van der Waals surface area (Å²) in [7, 11) is 0. The lowest BCUT2D eigenvalue weighted by atomic mass is 10.1. The Morgan fingerprint density at radius 2 is 2.50 bits per heavy atom. The summed E-state index contributed by atoms with van der Waals surface area (Å²) in [6.07, 6.45) is 5.11. The fourth-order valence-electron chi connectivity index (χ4n) is 1.02. The lowest BCUT2D eigenvalue weighted by Crippen LogP contribution is -2.11. The SMILES string of the molecule is CCC(CS)Cn1cc(I)cn1. The molecule has 1 aromatic heterocycles. The van der Waals surface area contributed by atoms with Gasteiger partial charge in [-0.3, -0.25) is 4.68 Å². The normalized spacial score (nSPS) is 13.2. The summed E-state index contributed by atoms with van der Waals surface area (Å²) in [5.41, 5.74) is 0. The first-order chi connectivity index (χ1) is 5.76. The molecule has 12 heavy (non-hydrogen) atoms. The maximum atomic E-state index is 4.29. The molecule has 0 aromatic carbocycles. The van der Waals surface area contributed by atoms with Crippen LogP contribution in [0.3, 0.4) is 0 Å². The summed E-state index contributed by atoms with van der Waals surface area (Å²) in [5.74, 6) is 1.58. The van der Waals surface area contributed by atoms with E-state index in [9.17, 15) is 0 Å². The number of hydrogen-bond donors (Lipinski definition) is 1. The molecular weight excluding hydrogens is 283 g/mol. The minimum Gasteiger partial charge on any atom is -0.271 e. The van der Waals surface area contributed by atoms with E-state index in [-0.39, 0.29) is 0 Å². The monoisotopic (exact) mass is 296 g/mol. The van der Waals surface area contributed by atoms with Crippen molar-refractivity contribution in [1.29, 1.82) is 0 Å². The van der Waals surface area contributed by atoms with Crippen molar-refractivity contribution in [1.82, 2.24) is 9.78 Å². The Kier molecular flexibility index (Phi) is 4.42. The van der Waals surface area contributed by atoms with E-state index in [1.165, 1.54) is 9.99 Å². The Bertz CT molecular complexity index is 233.